The number of aromatic hydroxyl groups is 1. The van der Waals surface area contributed by atoms with Crippen LogP contribution in [0.15, 0.2) is 145 Å². The summed E-state index contributed by atoms with van der Waals surface area (Å²) in [5, 5.41) is 19.4. The number of para-hydroxylation sites is 2. The van der Waals surface area contributed by atoms with Gasteiger partial charge in [-0.05, 0) is 96.1 Å². The van der Waals surface area contributed by atoms with E-state index >= 15 is 0 Å². The van der Waals surface area contributed by atoms with Crippen molar-refractivity contribution in [1.29, 1.82) is 5.53 Å². The summed E-state index contributed by atoms with van der Waals surface area (Å²) in [6.45, 7) is 0. The van der Waals surface area contributed by atoms with Crippen molar-refractivity contribution in [2.75, 3.05) is 10.2 Å². The maximum absolute atomic E-state index is 12.7. The van der Waals surface area contributed by atoms with Crippen LogP contribution in [0.1, 0.15) is 21.5 Å². The molecule has 0 radical (unpaired) electrons. The third-order valence-electron chi connectivity index (χ3n) is 7.71. The molecule has 46 heavy (non-hydrogen) atoms. The van der Waals surface area contributed by atoms with Gasteiger partial charge >= 0.3 is 6.03 Å². The molecule has 0 aliphatic heterocycles. The van der Waals surface area contributed by atoms with Gasteiger partial charge < -0.3 is 15.3 Å². The van der Waals surface area contributed by atoms with Crippen LogP contribution in [-0.2, 0) is 12.8 Å². The van der Waals surface area contributed by atoms with Crippen LogP contribution in [0.2, 0.25) is 0 Å². The Balaban J connectivity index is 1.04. The second-order valence-corrected chi connectivity index (χ2v) is 10.8. The number of nitrogens with zero attached hydrogens (tertiary/aromatic N) is 2. The number of hydrogen-bond donors (Lipinski definition) is 4. The van der Waals surface area contributed by atoms with E-state index < -0.39 is 11.9 Å². The van der Waals surface area contributed by atoms with E-state index in [-0.39, 0.29) is 17.0 Å². The van der Waals surface area contributed by atoms with Crippen LogP contribution >= 0.6 is 0 Å². The lowest BCUT2D eigenvalue weighted by Crippen LogP contribution is -2.34. The Morgan fingerprint density at radius 3 is 1.83 bits per heavy atom. The van der Waals surface area contributed by atoms with Crippen molar-refractivity contribution in [2.24, 2.45) is 5.11 Å². The zero-order valence-corrected chi connectivity index (χ0v) is 24.9. The van der Waals surface area contributed by atoms with Gasteiger partial charge in [-0.2, -0.15) is 5.11 Å². The Morgan fingerprint density at radius 1 is 0.674 bits per heavy atom. The van der Waals surface area contributed by atoms with Crippen LogP contribution in [0, 0.1) is 5.53 Å². The van der Waals surface area contributed by atoms with Crippen LogP contribution in [0.25, 0.3) is 10.8 Å². The molecule has 0 fully saturated rings. The number of carbonyl (C=O) groups is 2. The minimum absolute atomic E-state index is 0.117. The number of amides is 3. The number of carbonyl (C=O) groups excluding carboxylic acids is 2. The highest BCUT2D eigenvalue weighted by Crippen LogP contribution is 2.36. The average Bonchev–Trinajstić information content (AvgIpc) is 3.09. The molecule has 3 amide bonds. The molecule has 0 aliphatic rings. The molecule has 0 heterocycles. The Bertz CT molecular complexity index is 1960. The van der Waals surface area contributed by atoms with Crippen molar-refractivity contribution >= 4 is 51.1 Å². The van der Waals surface area contributed by atoms with Gasteiger partial charge in [-0.1, -0.05) is 72.8 Å². The fourth-order valence-electron chi connectivity index (χ4n) is 5.35. The van der Waals surface area contributed by atoms with Crippen LogP contribution in [0.3, 0.4) is 0 Å². The van der Waals surface area contributed by atoms with Gasteiger partial charge in [0.25, 0.3) is 5.91 Å². The summed E-state index contributed by atoms with van der Waals surface area (Å²) in [5.41, 5.74) is 13.9. The van der Waals surface area contributed by atoms with Gasteiger partial charge in [-0.15, -0.1) is 0 Å². The second-order valence-electron chi connectivity index (χ2n) is 10.8. The first-order valence-electron chi connectivity index (χ1n) is 14.8. The van der Waals surface area contributed by atoms with Crippen LogP contribution in [0.4, 0.5) is 33.2 Å². The molecule has 0 bridgehead atoms. The predicted molar refractivity (Wildman–Crippen MR) is 182 cm³/mol. The normalized spacial score (nSPS) is 10.7. The second kappa shape index (κ2) is 13.6. The fourth-order valence-corrected chi connectivity index (χ4v) is 5.35. The number of urea groups is 1. The SMILES string of the molecule is N=Nc1c(O)ccc2cc(C(=O)NC(=O)Nc3ccc(CCc4ccc(N(c5ccccc5)c5ccccc5)cc4)cc3)ccc12. The molecule has 0 spiro atoms. The number of nitrogens with one attached hydrogen (secondary N) is 3. The first-order valence-corrected chi connectivity index (χ1v) is 14.8. The molecule has 6 aromatic rings. The third-order valence-corrected chi connectivity index (χ3v) is 7.71. The lowest BCUT2D eigenvalue weighted by Gasteiger charge is -2.25. The molecule has 8 heteroatoms. The molecule has 0 saturated carbocycles. The van der Waals surface area contributed by atoms with E-state index in [1.54, 1.807) is 18.2 Å². The first kappa shape index (κ1) is 29.8. The highest BCUT2D eigenvalue weighted by molar-refractivity contribution is 6.10. The zero-order chi connectivity index (χ0) is 31.9. The molecule has 0 saturated heterocycles. The minimum Gasteiger partial charge on any atom is -0.506 e. The number of benzene rings is 6. The molecule has 4 N–H and O–H groups in total. The number of hydrogen-bond acceptors (Lipinski definition) is 6. The Hall–Kier alpha value is -6.28. The van der Waals surface area contributed by atoms with E-state index in [1.165, 1.54) is 17.7 Å². The van der Waals surface area contributed by atoms with Gasteiger partial charge in [-0.25, -0.2) is 10.3 Å². The van der Waals surface area contributed by atoms with Crippen molar-refractivity contribution in [3.8, 4) is 5.75 Å². The molecule has 8 nitrogen and oxygen atoms in total. The standard InChI is InChI=1S/C38H31N5O3/c39-42-36-34-23-17-29(25-28(34)18-24-35(36)44)37(45)41-38(46)40-30-19-13-26(14-20-30)11-12-27-15-21-33(22-16-27)43(31-7-3-1-4-8-31)32-9-5-2-6-10-32/h1-10,13-25,39,44H,11-12H2,(H2,40,41,45,46). The maximum Gasteiger partial charge on any atom is 0.326 e. The Kier molecular flexibility index (Phi) is 8.78. The number of aryl methyl sites for hydroxylation is 2. The first-order chi connectivity index (χ1) is 22.5. The summed E-state index contributed by atoms with van der Waals surface area (Å²) in [6.07, 6.45) is 1.70. The van der Waals surface area contributed by atoms with Gasteiger partial charge in [0.05, 0.1) is 0 Å². The number of anilines is 4. The lowest BCUT2D eigenvalue weighted by molar-refractivity contribution is 0.0967. The van der Waals surface area contributed by atoms with E-state index in [9.17, 15) is 14.7 Å². The maximum atomic E-state index is 12.7. The molecular formula is C38H31N5O3. The summed E-state index contributed by atoms with van der Waals surface area (Å²) >= 11 is 0. The highest BCUT2D eigenvalue weighted by atomic mass is 16.3. The predicted octanol–water partition coefficient (Wildman–Crippen LogP) is 9.42. The average molecular weight is 606 g/mol. The number of phenolic OH excluding ortho intramolecular Hbond substituents is 1. The summed E-state index contributed by atoms with van der Waals surface area (Å²) in [6, 6.07) is 43.9. The van der Waals surface area contributed by atoms with Gasteiger partial charge in [0.1, 0.15) is 11.4 Å². The quantitative estimate of drug-likeness (QED) is 0.123. The van der Waals surface area contributed by atoms with Gasteiger partial charge in [0, 0.05) is 33.7 Å². The lowest BCUT2D eigenvalue weighted by atomic mass is 10.0. The smallest absolute Gasteiger partial charge is 0.326 e. The van der Waals surface area contributed by atoms with Gasteiger partial charge in [0.2, 0.25) is 0 Å². The van der Waals surface area contributed by atoms with E-state index in [1.807, 2.05) is 60.7 Å². The number of phenols is 1. The molecule has 226 valence electrons. The molecule has 0 aliphatic carbocycles. The molecule has 6 aromatic carbocycles. The van der Waals surface area contributed by atoms with E-state index in [0.717, 1.165) is 35.5 Å². The van der Waals surface area contributed by atoms with E-state index in [4.69, 9.17) is 5.53 Å². The number of fused-ring (bicyclic) bond motifs is 1. The third kappa shape index (κ3) is 6.76. The molecule has 6 rings (SSSR count). The molecule has 0 unspecified atom stereocenters. The summed E-state index contributed by atoms with van der Waals surface area (Å²) < 4.78 is 0. The van der Waals surface area contributed by atoms with Crippen molar-refractivity contribution in [1.82, 2.24) is 5.32 Å². The van der Waals surface area contributed by atoms with Gasteiger partial charge in [0.15, 0.2) is 0 Å². The number of rotatable bonds is 9. The van der Waals surface area contributed by atoms with Crippen LogP contribution in [0.5, 0.6) is 5.75 Å². The highest BCUT2D eigenvalue weighted by Gasteiger charge is 2.14. The van der Waals surface area contributed by atoms with Crippen molar-refractivity contribution in [2.45, 2.75) is 12.8 Å². The van der Waals surface area contributed by atoms with Crippen LogP contribution in [-0.4, -0.2) is 17.0 Å². The minimum atomic E-state index is -0.648. The summed E-state index contributed by atoms with van der Waals surface area (Å²) in [4.78, 5) is 27.5. The van der Waals surface area contributed by atoms with Crippen LogP contribution < -0.4 is 15.5 Å². The van der Waals surface area contributed by atoms with Gasteiger partial charge in [-0.3, -0.25) is 10.1 Å². The van der Waals surface area contributed by atoms with Crippen molar-refractivity contribution in [3.63, 3.8) is 0 Å². The topological polar surface area (TPSA) is 118 Å². The Morgan fingerprint density at radius 2 is 1.24 bits per heavy atom. The molecule has 0 atom stereocenters. The Labute approximate surface area is 266 Å². The van der Waals surface area contributed by atoms with E-state index in [0.29, 0.717) is 16.5 Å². The summed E-state index contributed by atoms with van der Waals surface area (Å²) in [7, 11) is 0. The van der Waals surface area contributed by atoms with Crippen molar-refractivity contribution < 1.29 is 14.7 Å². The largest absolute Gasteiger partial charge is 0.506 e. The summed E-state index contributed by atoms with van der Waals surface area (Å²) in [5.74, 6) is -0.691. The molecular weight excluding hydrogens is 574 g/mol. The van der Waals surface area contributed by atoms with Crippen molar-refractivity contribution in [3.05, 3.63) is 156 Å². The zero-order valence-electron chi connectivity index (χ0n) is 24.9. The monoisotopic (exact) mass is 605 g/mol. The molecule has 0 aromatic heterocycles. The number of imide groups is 1. The fraction of sp³-hybridized carbons (Fsp3) is 0.0526. The van der Waals surface area contributed by atoms with E-state index in [2.05, 4.69) is 69.2 Å².